The lowest BCUT2D eigenvalue weighted by atomic mass is 10.2. The molecule has 0 aliphatic heterocycles. The molecule has 2 rings (SSSR count). The van der Waals surface area contributed by atoms with Crippen molar-refractivity contribution >= 4 is 22.9 Å². The molecule has 1 amide bonds. The van der Waals surface area contributed by atoms with Gasteiger partial charge in [0.1, 0.15) is 11.5 Å². The maximum atomic E-state index is 13.3. The lowest BCUT2D eigenvalue weighted by Crippen LogP contribution is -2.09. The minimum atomic E-state index is -1.01. The summed E-state index contributed by atoms with van der Waals surface area (Å²) in [7, 11) is 0. The summed E-state index contributed by atoms with van der Waals surface area (Å²) in [6, 6.07) is 2.71. The Bertz CT molecular complexity index is 604. The smallest absolute Gasteiger partial charge is 0.249 e. The van der Waals surface area contributed by atoms with Gasteiger partial charge in [-0.1, -0.05) is 0 Å². The van der Waals surface area contributed by atoms with Crippen LogP contribution in [-0.4, -0.2) is 5.91 Å². The zero-order chi connectivity index (χ0) is 14.0. The molecule has 19 heavy (non-hydrogen) atoms. The van der Waals surface area contributed by atoms with Gasteiger partial charge in [-0.2, -0.15) is 0 Å². The second-order valence-electron chi connectivity index (χ2n) is 3.76. The fourth-order valence-corrected chi connectivity index (χ4v) is 2.30. The number of carbonyl (C=O) groups is 1. The van der Waals surface area contributed by atoms with Crippen LogP contribution in [0.5, 0.6) is 0 Å². The van der Waals surface area contributed by atoms with Crippen molar-refractivity contribution in [1.29, 1.82) is 0 Å². The third-order valence-electron chi connectivity index (χ3n) is 2.38. The molecular weight excluding hydrogens is 277 g/mol. The van der Waals surface area contributed by atoms with E-state index in [9.17, 15) is 18.0 Å². The fourth-order valence-electron chi connectivity index (χ4n) is 1.49. The molecule has 0 aliphatic rings. The summed E-state index contributed by atoms with van der Waals surface area (Å²) in [4.78, 5) is 11.6. The van der Waals surface area contributed by atoms with Crippen LogP contribution in [-0.2, 0) is 6.54 Å². The van der Waals surface area contributed by atoms with Gasteiger partial charge in [0.15, 0.2) is 11.6 Å². The van der Waals surface area contributed by atoms with E-state index in [-0.39, 0.29) is 6.54 Å². The molecule has 1 aromatic heterocycles. The SMILES string of the molecule is NC(=O)c1csc(CNc2c(F)cc(F)cc2F)c1. The average Bonchev–Trinajstić information content (AvgIpc) is 2.76. The standard InChI is InChI=1S/C12H9F3N2OS/c13-7-2-9(14)11(10(15)3-7)17-4-8-1-6(5-19-8)12(16)18/h1-3,5,17H,4H2,(H2,16,18). The molecule has 1 heterocycles. The van der Waals surface area contributed by atoms with Crippen molar-refractivity contribution in [2.45, 2.75) is 6.54 Å². The summed E-state index contributed by atoms with van der Waals surface area (Å²) < 4.78 is 39.4. The number of thiophene rings is 1. The van der Waals surface area contributed by atoms with Crippen LogP contribution < -0.4 is 11.1 Å². The molecule has 3 nitrogen and oxygen atoms in total. The number of amides is 1. The molecule has 100 valence electrons. The first-order valence-electron chi connectivity index (χ1n) is 5.23. The number of benzene rings is 1. The number of hydrogen-bond donors (Lipinski definition) is 2. The number of nitrogens with one attached hydrogen (secondary N) is 1. The summed E-state index contributed by atoms with van der Waals surface area (Å²) in [5.41, 5.74) is 5.01. The molecule has 0 unspecified atom stereocenters. The fraction of sp³-hybridized carbons (Fsp3) is 0.0833. The van der Waals surface area contributed by atoms with Crippen molar-refractivity contribution in [2.24, 2.45) is 5.73 Å². The number of nitrogens with two attached hydrogens (primary N) is 1. The first-order valence-corrected chi connectivity index (χ1v) is 6.11. The van der Waals surface area contributed by atoms with Crippen molar-refractivity contribution in [1.82, 2.24) is 0 Å². The molecule has 0 spiro atoms. The van der Waals surface area contributed by atoms with E-state index in [4.69, 9.17) is 5.73 Å². The van der Waals surface area contributed by atoms with Gasteiger partial charge in [0.05, 0.1) is 5.56 Å². The van der Waals surface area contributed by atoms with Gasteiger partial charge in [-0.15, -0.1) is 11.3 Å². The molecule has 1 aromatic carbocycles. The van der Waals surface area contributed by atoms with Crippen LogP contribution in [0.1, 0.15) is 15.2 Å². The lowest BCUT2D eigenvalue weighted by Gasteiger charge is -2.07. The van der Waals surface area contributed by atoms with E-state index in [1.165, 1.54) is 17.4 Å². The molecule has 0 radical (unpaired) electrons. The minimum absolute atomic E-state index is 0.109. The summed E-state index contributed by atoms with van der Waals surface area (Å²) in [6.45, 7) is 0.109. The van der Waals surface area contributed by atoms with Crippen LogP contribution in [0.3, 0.4) is 0 Å². The Hall–Kier alpha value is -2.02. The van der Waals surface area contributed by atoms with Gasteiger partial charge in [-0.05, 0) is 6.07 Å². The second kappa shape index (κ2) is 5.31. The van der Waals surface area contributed by atoms with E-state index in [2.05, 4.69) is 5.32 Å². The van der Waals surface area contributed by atoms with Gasteiger partial charge in [-0.3, -0.25) is 4.79 Å². The Morgan fingerprint density at radius 1 is 1.21 bits per heavy atom. The third kappa shape index (κ3) is 3.05. The molecule has 0 bridgehead atoms. The summed E-state index contributed by atoms with van der Waals surface area (Å²) >= 11 is 1.23. The number of rotatable bonds is 4. The molecule has 0 atom stereocenters. The molecule has 7 heteroatoms. The first-order chi connectivity index (χ1) is 8.97. The second-order valence-corrected chi connectivity index (χ2v) is 4.76. The quantitative estimate of drug-likeness (QED) is 0.908. The van der Waals surface area contributed by atoms with Gasteiger partial charge in [0, 0.05) is 28.9 Å². The Morgan fingerprint density at radius 3 is 2.37 bits per heavy atom. The monoisotopic (exact) mass is 286 g/mol. The summed E-state index contributed by atoms with van der Waals surface area (Å²) in [5.74, 6) is -3.57. The van der Waals surface area contributed by atoms with Crippen molar-refractivity contribution < 1.29 is 18.0 Å². The first kappa shape index (κ1) is 13.4. The van der Waals surface area contributed by atoms with Gasteiger partial charge < -0.3 is 11.1 Å². The van der Waals surface area contributed by atoms with Crippen molar-refractivity contribution in [2.75, 3.05) is 5.32 Å². The molecule has 0 saturated heterocycles. The topological polar surface area (TPSA) is 55.1 Å². The summed E-state index contributed by atoms with van der Waals surface area (Å²) in [5, 5.41) is 4.07. The van der Waals surface area contributed by atoms with Gasteiger partial charge in [-0.25, -0.2) is 13.2 Å². The third-order valence-corrected chi connectivity index (χ3v) is 3.32. The molecule has 2 aromatic rings. The molecule has 3 N–H and O–H groups in total. The van der Waals surface area contributed by atoms with Crippen LogP contribution in [0, 0.1) is 17.5 Å². The predicted octanol–water partition coefficient (Wildman–Crippen LogP) is 2.88. The Balaban J connectivity index is 2.12. The Kier molecular flexibility index (Phi) is 3.75. The molecule has 0 saturated carbocycles. The van der Waals surface area contributed by atoms with Gasteiger partial charge >= 0.3 is 0 Å². The van der Waals surface area contributed by atoms with Crippen LogP contribution in [0.4, 0.5) is 18.9 Å². The number of carbonyl (C=O) groups excluding carboxylic acids is 1. The largest absolute Gasteiger partial charge is 0.375 e. The summed E-state index contributed by atoms with van der Waals surface area (Å²) in [6.07, 6.45) is 0. The highest BCUT2D eigenvalue weighted by Gasteiger charge is 2.12. The van der Waals surface area contributed by atoms with Gasteiger partial charge in [0.2, 0.25) is 5.91 Å². The zero-order valence-electron chi connectivity index (χ0n) is 9.54. The van der Waals surface area contributed by atoms with Crippen molar-refractivity contribution in [3.05, 3.63) is 51.5 Å². The van der Waals surface area contributed by atoms with E-state index in [0.29, 0.717) is 22.6 Å². The highest BCUT2D eigenvalue weighted by Crippen LogP contribution is 2.22. The van der Waals surface area contributed by atoms with E-state index >= 15 is 0 Å². The number of hydrogen-bond acceptors (Lipinski definition) is 3. The Morgan fingerprint density at radius 2 is 1.84 bits per heavy atom. The predicted molar refractivity (Wildman–Crippen MR) is 66.5 cm³/mol. The van der Waals surface area contributed by atoms with Gasteiger partial charge in [0.25, 0.3) is 0 Å². The molecular formula is C12H9F3N2OS. The van der Waals surface area contributed by atoms with E-state index in [1.807, 2.05) is 0 Å². The molecule has 0 aliphatic carbocycles. The van der Waals surface area contributed by atoms with Crippen LogP contribution in [0.25, 0.3) is 0 Å². The van der Waals surface area contributed by atoms with Crippen LogP contribution >= 0.6 is 11.3 Å². The lowest BCUT2D eigenvalue weighted by molar-refractivity contribution is 0.100. The van der Waals surface area contributed by atoms with E-state index < -0.39 is 29.0 Å². The highest BCUT2D eigenvalue weighted by molar-refractivity contribution is 7.10. The normalized spacial score (nSPS) is 10.5. The van der Waals surface area contributed by atoms with E-state index in [1.54, 1.807) is 5.38 Å². The zero-order valence-corrected chi connectivity index (χ0v) is 10.4. The average molecular weight is 286 g/mol. The maximum absolute atomic E-state index is 13.3. The minimum Gasteiger partial charge on any atom is -0.375 e. The van der Waals surface area contributed by atoms with Crippen molar-refractivity contribution in [3.63, 3.8) is 0 Å². The number of halogens is 3. The Labute approximate surface area is 110 Å². The number of anilines is 1. The van der Waals surface area contributed by atoms with Crippen LogP contribution in [0.15, 0.2) is 23.6 Å². The number of primary amides is 1. The molecule has 0 fully saturated rings. The van der Waals surface area contributed by atoms with E-state index in [0.717, 1.165) is 0 Å². The highest BCUT2D eigenvalue weighted by atomic mass is 32.1. The van der Waals surface area contributed by atoms with Crippen molar-refractivity contribution in [3.8, 4) is 0 Å². The maximum Gasteiger partial charge on any atom is 0.249 e. The van der Waals surface area contributed by atoms with Crippen LogP contribution in [0.2, 0.25) is 0 Å².